The van der Waals surface area contributed by atoms with Gasteiger partial charge >= 0.3 is 6.09 Å². The molecule has 5 nitrogen and oxygen atoms in total. The van der Waals surface area contributed by atoms with Crippen LogP contribution in [-0.2, 0) is 4.74 Å². The van der Waals surface area contributed by atoms with Crippen LogP contribution in [0.1, 0.15) is 32.4 Å². The Morgan fingerprint density at radius 2 is 1.83 bits per heavy atom. The Labute approximate surface area is 142 Å². The first-order valence-electron chi connectivity index (χ1n) is 8.39. The topological polar surface area (TPSA) is 58.8 Å². The SMILES string of the molecule is CC(C)(C)OC(=O)N1CC2(C1)CN(C(CN)c1ccc(F)cc1)C2. The number of nitrogens with zero attached hydrogens (tertiary/aromatic N) is 2. The van der Waals surface area contributed by atoms with E-state index < -0.39 is 5.60 Å². The van der Waals surface area contributed by atoms with Gasteiger partial charge in [-0.2, -0.15) is 0 Å². The molecule has 0 aromatic heterocycles. The van der Waals surface area contributed by atoms with Crippen molar-refractivity contribution in [2.24, 2.45) is 11.1 Å². The Bertz CT molecular complexity index is 598. The summed E-state index contributed by atoms with van der Waals surface area (Å²) < 4.78 is 18.5. The normalized spacial score (nSPS) is 21.1. The molecular weight excluding hydrogens is 309 g/mol. The second-order valence-electron chi connectivity index (χ2n) is 8.04. The Balaban J connectivity index is 1.52. The Morgan fingerprint density at radius 1 is 1.25 bits per heavy atom. The van der Waals surface area contributed by atoms with Crippen LogP contribution in [0.4, 0.5) is 9.18 Å². The van der Waals surface area contributed by atoms with Crippen molar-refractivity contribution in [1.82, 2.24) is 9.80 Å². The van der Waals surface area contributed by atoms with Crippen LogP contribution in [0.3, 0.4) is 0 Å². The number of carbonyl (C=O) groups is 1. The van der Waals surface area contributed by atoms with Crippen molar-refractivity contribution in [3.05, 3.63) is 35.6 Å². The van der Waals surface area contributed by atoms with E-state index in [0.717, 1.165) is 31.7 Å². The van der Waals surface area contributed by atoms with Crippen LogP contribution in [0.2, 0.25) is 0 Å². The van der Waals surface area contributed by atoms with Crippen LogP contribution in [0.5, 0.6) is 0 Å². The number of hydrogen-bond donors (Lipinski definition) is 1. The molecular formula is C18H26FN3O2. The molecule has 1 aromatic carbocycles. The van der Waals surface area contributed by atoms with Gasteiger partial charge in [-0.1, -0.05) is 12.1 Å². The molecule has 1 unspecified atom stereocenters. The van der Waals surface area contributed by atoms with Crippen LogP contribution in [-0.4, -0.2) is 54.2 Å². The van der Waals surface area contributed by atoms with Crippen molar-refractivity contribution in [2.75, 3.05) is 32.7 Å². The van der Waals surface area contributed by atoms with Crippen molar-refractivity contribution < 1.29 is 13.9 Å². The first kappa shape index (κ1) is 17.2. The Kier molecular flexibility index (Phi) is 4.30. The third kappa shape index (κ3) is 3.39. The third-order valence-electron chi connectivity index (χ3n) is 4.70. The summed E-state index contributed by atoms with van der Waals surface area (Å²) in [6.07, 6.45) is -0.236. The molecule has 24 heavy (non-hydrogen) atoms. The summed E-state index contributed by atoms with van der Waals surface area (Å²) >= 11 is 0. The molecule has 0 saturated carbocycles. The molecule has 2 N–H and O–H groups in total. The van der Waals surface area contributed by atoms with Gasteiger partial charge in [-0.05, 0) is 38.5 Å². The van der Waals surface area contributed by atoms with E-state index in [4.69, 9.17) is 10.5 Å². The highest BCUT2D eigenvalue weighted by Crippen LogP contribution is 2.43. The molecule has 2 heterocycles. The highest BCUT2D eigenvalue weighted by Gasteiger charge is 2.55. The van der Waals surface area contributed by atoms with E-state index in [1.807, 2.05) is 20.8 Å². The van der Waals surface area contributed by atoms with E-state index >= 15 is 0 Å². The van der Waals surface area contributed by atoms with Crippen LogP contribution in [0, 0.1) is 11.2 Å². The summed E-state index contributed by atoms with van der Waals surface area (Å²) in [4.78, 5) is 16.1. The van der Waals surface area contributed by atoms with E-state index in [1.54, 1.807) is 17.0 Å². The lowest BCUT2D eigenvalue weighted by atomic mass is 9.72. The zero-order valence-electron chi connectivity index (χ0n) is 14.6. The Hall–Kier alpha value is -1.66. The van der Waals surface area contributed by atoms with Crippen LogP contribution < -0.4 is 5.73 Å². The number of benzene rings is 1. The van der Waals surface area contributed by atoms with Gasteiger partial charge in [0, 0.05) is 44.2 Å². The predicted molar refractivity (Wildman–Crippen MR) is 90.0 cm³/mol. The number of ether oxygens (including phenoxy) is 1. The van der Waals surface area contributed by atoms with Crippen molar-refractivity contribution >= 4 is 6.09 Å². The van der Waals surface area contributed by atoms with Crippen LogP contribution in [0.25, 0.3) is 0 Å². The molecule has 2 fully saturated rings. The molecule has 1 aromatic rings. The van der Waals surface area contributed by atoms with E-state index in [9.17, 15) is 9.18 Å². The quantitative estimate of drug-likeness (QED) is 0.921. The summed E-state index contributed by atoms with van der Waals surface area (Å²) in [5, 5.41) is 0. The lowest BCUT2D eigenvalue weighted by Crippen LogP contribution is -2.73. The van der Waals surface area contributed by atoms with Gasteiger partial charge in [-0.3, -0.25) is 4.90 Å². The molecule has 2 aliphatic heterocycles. The van der Waals surface area contributed by atoms with E-state index in [1.165, 1.54) is 12.1 Å². The van der Waals surface area contributed by atoms with E-state index in [0.29, 0.717) is 6.54 Å². The average molecular weight is 335 g/mol. The summed E-state index contributed by atoms with van der Waals surface area (Å²) in [6, 6.07) is 6.64. The minimum absolute atomic E-state index is 0.104. The predicted octanol–water partition coefficient (Wildman–Crippen LogP) is 2.38. The maximum absolute atomic E-state index is 13.1. The standard InChI is InChI=1S/C18H26FN3O2/c1-17(2,3)24-16(23)22-11-18(12-22)9-21(10-18)15(8-20)13-4-6-14(19)7-5-13/h4-7,15H,8-12,20H2,1-3H3. The van der Waals surface area contributed by atoms with E-state index in [-0.39, 0.29) is 23.4 Å². The van der Waals surface area contributed by atoms with Gasteiger partial charge in [-0.25, -0.2) is 9.18 Å². The van der Waals surface area contributed by atoms with Crippen molar-refractivity contribution in [3.8, 4) is 0 Å². The highest BCUT2D eigenvalue weighted by molar-refractivity contribution is 5.69. The van der Waals surface area contributed by atoms with Gasteiger partial charge in [0.15, 0.2) is 0 Å². The molecule has 0 radical (unpaired) electrons. The molecule has 2 saturated heterocycles. The van der Waals surface area contributed by atoms with Crippen molar-refractivity contribution in [3.63, 3.8) is 0 Å². The molecule has 1 amide bonds. The summed E-state index contributed by atoms with van der Waals surface area (Å²) in [5.41, 5.74) is 6.68. The number of likely N-dealkylation sites (tertiary alicyclic amines) is 2. The molecule has 1 atom stereocenters. The fraction of sp³-hybridized carbons (Fsp3) is 0.611. The van der Waals surface area contributed by atoms with Gasteiger partial charge in [0.05, 0.1) is 0 Å². The van der Waals surface area contributed by atoms with Gasteiger partial charge in [0.2, 0.25) is 0 Å². The minimum atomic E-state index is -0.460. The number of hydrogen-bond acceptors (Lipinski definition) is 4. The summed E-state index contributed by atoms with van der Waals surface area (Å²) in [7, 11) is 0. The largest absolute Gasteiger partial charge is 0.444 e. The average Bonchev–Trinajstić information content (AvgIpc) is 2.39. The molecule has 6 heteroatoms. The van der Waals surface area contributed by atoms with Crippen molar-refractivity contribution in [1.29, 1.82) is 0 Å². The number of carbonyl (C=O) groups excluding carboxylic acids is 1. The minimum Gasteiger partial charge on any atom is -0.444 e. The monoisotopic (exact) mass is 335 g/mol. The van der Waals surface area contributed by atoms with Crippen LogP contribution >= 0.6 is 0 Å². The second kappa shape index (κ2) is 6.01. The zero-order chi connectivity index (χ0) is 17.5. The maximum atomic E-state index is 13.1. The van der Waals surface area contributed by atoms with E-state index in [2.05, 4.69) is 4.90 Å². The maximum Gasteiger partial charge on any atom is 0.410 e. The Morgan fingerprint density at radius 3 is 2.33 bits per heavy atom. The molecule has 132 valence electrons. The lowest BCUT2D eigenvalue weighted by Gasteiger charge is -2.61. The van der Waals surface area contributed by atoms with Gasteiger partial charge in [-0.15, -0.1) is 0 Å². The number of nitrogens with two attached hydrogens (primary N) is 1. The van der Waals surface area contributed by atoms with Crippen LogP contribution in [0.15, 0.2) is 24.3 Å². The van der Waals surface area contributed by atoms with Crippen molar-refractivity contribution in [2.45, 2.75) is 32.4 Å². The fourth-order valence-electron chi connectivity index (χ4n) is 3.64. The molecule has 2 aliphatic rings. The molecule has 1 spiro atoms. The first-order chi connectivity index (χ1) is 11.2. The number of rotatable bonds is 3. The summed E-state index contributed by atoms with van der Waals surface area (Å²) in [5.74, 6) is -0.235. The highest BCUT2D eigenvalue weighted by atomic mass is 19.1. The second-order valence-corrected chi connectivity index (χ2v) is 8.04. The smallest absolute Gasteiger partial charge is 0.410 e. The molecule has 0 bridgehead atoms. The zero-order valence-corrected chi connectivity index (χ0v) is 14.6. The van der Waals surface area contributed by atoms with Gasteiger partial charge in [0.25, 0.3) is 0 Å². The number of amides is 1. The fourth-order valence-corrected chi connectivity index (χ4v) is 3.64. The molecule has 3 rings (SSSR count). The summed E-state index contributed by atoms with van der Waals surface area (Å²) in [6.45, 7) is 9.41. The van der Waals surface area contributed by atoms with Gasteiger partial charge < -0.3 is 15.4 Å². The third-order valence-corrected chi connectivity index (χ3v) is 4.70. The molecule has 0 aliphatic carbocycles. The number of halogens is 1. The first-order valence-corrected chi connectivity index (χ1v) is 8.39. The lowest BCUT2D eigenvalue weighted by molar-refractivity contribution is -0.126. The van der Waals surface area contributed by atoms with Gasteiger partial charge in [0.1, 0.15) is 11.4 Å².